The van der Waals surface area contributed by atoms with Gasteiger partial charge in [-0.15, -0.1) is 0 Å². The Kier molecular flexibility index (Phi) is 7.06. The predicted molar refractivity (Wildman–Crippen MR) is 125 cm³/mol. The summed E-state index contributed by atoms with van der Waals surface area (Å²) in [4.78, 5) is 2.55. The number of halogens is 1. The van der Waals surface area contributed by atoms with Crippen molar-refractivity contribution in [2.75, 3.05) is 32.8 Å². The first-order chi connectivity index (χ1) is 14.8. The van der Waals surface area contributed by atoms with Crippen LogP contribution in [0.4, 0.5) is 0 Å². The summed E-state index contributed by atoms with van der Waals surface area (Å²) in [7, 11) is 0. The van der Waals surface area contributed by atoms with Crippen LogP contribution in [0.15, 0.2) is 72.8 Å². The molecule has 0 bridgehead atoms. The fraction of sp³-hybridized carbons (Fsp3) is 0.308. The molecule has 1 atom stereocenters. The smallest absolute Gasteiger partial charge is 0.124 e. The molecule has 1 aliphatic rings. The molecular weight excluding hydrogens is 392 g/mol. The van der Waals surface area contributed by atoms with E-state index in [2.05, 4.69) is 70.9 Å². The molecule has 0 saturated carbocycles. The Labute approximate surface area is 184 Å². The van der Waals surface area contributed by atoms with Gasteiger partial charge < -0.3 is 10.1 Å². The zero-order valence-corrected chi connectivity index (χ0v) is 18.2. The molecule has 1 saturated heterocycles. The van der Waals surface area contributed by atoms with Crippen molar-refractivity contribution < 1.29 is 4.74 Å². The average molecular weight is 421 g/mol. The van der Waals surface area contributed by atoms with Gasteiger partial charge in [0.1, 0.15) is 5.75 Å². The van der Waals surface area contributed by atoms with E-state index in [0.29, 0.717) is 6.61 Å². The van der Waals surface area contributed by atoms with Crippen LogP contribution in [0.5, 0.6) is 5.75 Å². The Morgan fingerprint density at radius 3 is 2.47 bits per heavy atom. The van der Waals surface area contributed by atoms with Crippen LogP contribution >= 0.6 is 11.6 Å². The van der Waals surface area contributed by atoms with Crippen LogP contribution in [-0.2, 0) is 0 Å². The van der Waals surface area contributed by atoms with Gasteiger partial charge in [-0.2, -0.15) is 0 Å². The summed E-state index contributed by atoms with van der Waals surface area (Å²) in [5.74, 6) is 0.913. The first kappa shape index (κ1) is 20.9. The van der Waals surface area contributed by atoms with Gasteiger partial charge in [0, 0.05) is 30.2 Å². The molecular formula is C26H29ClN2O. The largest absolute Gasteiger partial charge is 0.494 e. The lowest BCUT2D eigenvalue weighted by molar-refractivity contribution is 0.233. The van der Waals surface area contributed by atoms with Crippen molar-refractivity contribution in [3.05, 3.63) is 88.9 Å². The minimum atomic E-state index is 0.106. The lowest BCUT2D eigenvalue weighted by atomic mass is 9.94. The van der Waals surface area contributed by atoms with Gasteiger partial charge in [-0.25, -0.2) is 0 Å². The van der Waals surface area contributed by atoms with Crippen LogP contribution in [0.25, 0.3) is 11.1 Å². The Bertz CT molecular complexity index is 935. The SMILES string of the molecule is CCOc1ccc(Cl)cc1C(c1ccc(-c2ccccc2)cc1)N1CCCNCC1. The Morgan fingerprint density at radius 1 is 0.933 bits per heavy atom. The molecule has 1 heterocycles. The molecule has 0 aromatic heterocycles. The van der Waals surface area contributed by atoms with Gasteiger partial charge in [-0.3, -0.25) is 4.90 Å². The molecule has 0 spiro atoms. The molecule has 3 nitrogen and oxygen atoms in total. The highest BCUT2D eigenvalue weighted by Crippen LogP contribution is 2.37. The molecule has 1 fully saturated rings. The van der Waals surface area contributed by atoms with Crippen LogP contribution < -0.4 is 10.1 Å². The maximum atomic E-state index is 6.44. The van der Waals surface area contributed by atoms with Gasteiger partial charge >= 0.3 is 0 Å². The van der Waals surface area contributed by atoms with E-state index < -0.39 is 0 Å². The maximum absolute atomic E-state index is 6.44. The fourth-order valence-electron chi connectivity index (χ4n) is 4.22. The molecule has 4 rings (SSSR count). The van der Waals surface area contributed by atoms with E-state index in [4.69, 9.17) is 16.3 Å². The van der Waals surface area contributed by atoms with E-state index >= 15 is 0 Å². The van der Waals surface area contributed by atoms with Gasteiger partial charge in [0.05, 0.1) is 12.6 Å². The van der Waals surface area contributed by atoms with Crippen molar-refractivity contribution >= 4 is 11.6 Å². The molecule has 1 aliphatic heterocycles. The summed E-state index contributed by atoms with van der Waals surface area (Å²) < 4.78 is 6.01. The molecule has 3 aromatic carbocycles. The molecule has 0 amide bonds. The minimum absolute atomic E-state index is 0.106. The molecule has 30 heavy (non-hydrogen) atoms. The predicted octanol–water partition coefficient (Wildman–Crippen LogP) is 5.79. The first-order valence-corrected chi connectivity index (χ1v) is 11.2. The van der Waals surface area contributed by atoms with Gasteiger partial charge in [0.2, 0.25) is 0 Å². The summed E-state index contributed by atoms with van der Waals surface area (Å²) in [5, 5.41) is 4.26. The van der Waals surface area contributed by atoms with Gasteiger partial charge in [-0.05, 0) is 54.8 Å². The summed E-state index contributed by atoms with van der Waals surface area (Å²) in [5.41, 5.74) is 4.86. The van der Waals surface area contributed by atoms with E-state index in [0.717, 1.165) is 48.9 Å². The van der Waals surface area contributed by atoms with Crippen LogP contribution in [0.1, 0.15) is 30.5 Å². The molecule has 1 N–H and O–H groups in total. The van der Waals surface area contributed by atoms with Crippen LogP contribution in [0.2, 0.25) is 5.02 Å². The monoisotopic (exact) mass is 420 g/mol. The second-order valence-electron chi connectivity index (χ2n) is 7.65. The lowest BCUT2D eigenvalue weighted by Crippen LogP contribution is -2.33. The van der Waals surface area contributed by atoms with Crippen molar-refractivity contribution in [1.29, 1.82) is 0 Å². The zero-order valence-electron chi connectivity index (χ0n) is 17.5. The molecule has 0 aliphatic carbocycles. The zero-order chi connectivity index (χ0) is 20.8. The van der Waals surface area contributed by atoms with E-state index in [1.807, 2.05) is 19.1 Å². The van der Waals surface area contributed by atoms with Crippen molar-refractivity contribution in [3.63, 3.8) is 0 Å². The molecule has 0 radical (unpaired) electrons. The highest BCUT2D eigenvalue weighted by Gasteiger charge is 2.26. The molecule has 156 valence electrons. The molecule has 1 unspecified atom stereocenters. The lowest BCUT2D eigenvalue weighted by Gasteiger charge is -2.32. The van der Waals surface area contributed by atoms with Crippen LogP contribution in [0.3, 0.4) is 0 Å². The number of rotatable bonds is 6. The summed E-state index contributed by atoms with van der Waals surface area (Å²) in [6, 6.07) is 25.5. The summed E-state index contributed by atoms with van der Waals surface area (Å²) in [6.07, 6.45) is 1.13. The summed E-state index contributed by atoms with van der Waals surface area (Å²) in [6.45, 7) is 6.74. The van der Waals surface area contributed by atoms with E-state index in [1.165, 1.54) is 16.7 Å². The van der Waals surface area contributed by atoms with Gasteiger partial charge in [0.25, 0.3) is 0 Å². The highest BCUT2D eigenvalue weighted by atomic mass is 35.5. The number of nitrogens with zero attached hydrogens (tertiary/aromatic N) is 1. The van der Waals surface area contributed by atoms with Gasteiger partial charge in [-0.1, -0.05) is 66.2 Å². The number of ether oxygens (including phenoxy) is 1. The second kappa shape index (κ2) is 10.1. The van der Waals surface area contributed by atoms with Crippen molar-refractivity contribution in [2.24, 2.45) is 0 Å². The average Bonchev–Trinajstić information content (AvgIpc) is 3.06. The second-order valence-corrected chi connectivity index (χ2v) is 8.08. The fourth-order valence-corrected chi connectivity index (χ4v) is 4.40. The maximum Gasteiger partial charge on any atom is 0.124 e. The third kappa shape index (κ3) is 4.86. The minimum Gasteiger partial charge on any atom is -0.494 e. The first-order valence-electron chi connectivity index (χ1n) is 10.8. The Morgan fingerprint density at radius 2 is 1.70 bits per heavy atom. The number of nitrogens with one attached hydrogen (secondary N) is 1. The van der Waals surface area contributed by atoms with Crippen molar-refractivity contribution in [2.45, 2.75) is 19.4 Å². The number of hydrogen-bond donors (Lipinski definition) is 1. The third-order valence-electron chi connectivity index (χ3n) is 5.64. The normalized spacial score (nSPS) is 16.1. The van der Waals surface area contributed by atoms with Crippen LogP contribution in [0, 0.1) is 0 Å². The topological polar surface area (TPSA) is 24.5 Å². The van der Waals surface area contributed by atoms with Crippen molar-refractivity contribution in [3.8, 4) is 16.9 Å². The summed E-state index contributed by atoms with van der Waals surface area (Å²) >= 11 is 6.44. The number of benzene rings is 3. The third-order valence-corrected chi connectivity index (χ3v) is 5.87. The number of hydrogen-bond acceptors (Lipinski definition) is 3. The van der Waals surface area contributed by atoms with E-state index in [9.17, 15) is 0 Å². The standard InChI is InChI=1S/C26H29ClN2O/c1-2-30-25-14-13-23(27)19-24(25)26(29-17-6-15-28-16-18-29)22-11-9-21(10-12-22)20-7-4-3-5-8-20/h3-5,7-14,19,26,28H,2,6,15-18H2,1H3. The van der Waals surface area contributed by atoms with E-state index in [-0.39, 0.29) is 6.04 Å². The Hall–Kier alpha value is -2.33. The van der Waals surface area contributed by atoms with E-state index in [1.54, 1.807) is 0 Å². The Balaban J connectivity index is 1.75. The van der Waals surface area contributed by atoms with Crippen molar-refractivity contribution in [1.82, 2.24) is 10.2 Å². The van der Waals surface area contributed by atoms with Crippen LogP contribution in [-0.4, -0.2) is 37.7 Å². The quantitative estimate of drug-likeness (QED) is 0.546. The molecule has 3 aromatic rings. The molecule has 4 heteroatoms. The highest BCUT2D eigenvalue weighted by molar-refractivity contribution is 6.30. The van der Waals surface area contributed by atoms with Gasteiger partial charge in [0.15, 0.2) is 0 Å².